The van der Waals surface area contributed by atoms with Crippen LogP contribution in [0.3, 0.4) is 0 Å². The monoisotopic (exact) mass is 389 g/mol. The highest BCUT2D eigenvalue weighted by atomic mass is 35.5. The number of ether oxygens (including phenoxy) is 2. The molecule has 6 rings (SSSR count). The molecular weight excluding hydrogens is 374 g/mol. The van der Waals surface area contributed by atoms with E-state index in [0.717, 1.165) is 56.2 Å². The minimum absolute atomic E-state index is 0. The Balaban J connectivity index is 0.00000171. The Kier molecular flexibility index (Phi) is 3.88. The van der Waals surface area contributed by atoms with Crippen molar-refractivity contribution in [2.24, 2.45) is 0 Å². The van der Waals surface area contributed by atoms with E-state index >= 15 is 0 Å². The van der Waals surface area contributed by atoms with Gasteiger partial charge in [0.1, 0.15) is 11.2 Å². The van der Waals surface area contributed by atoms with Crippen LogP contribution in [-0.2, 0) is 6.42 Å². The van der Waals surface area contributed by atoms with E-state index in [9.17, 15) is 0 Å². The fraction of sp³-hybridized carbons (Fsp3) is 0.0870. The molecule has 4 nitrogen and oxygen atoms in total. The highest BCUT2D eigenvalue weighted by Crippen LogP contribution is 2.37. The molecule has 0 amide bonds. The number of hydrogen-bond donors (Lipinski definition) is 0. The fourth-order valence-corrected chi connectivity index (χ4v) is 3.86. The smallest absolute Gasteiger partial charge is 0.231 e. The Hall–Kier alpha value is -3.24. The summed E-state index contributed by atoms with van der Waals surface area (Å²) in [5.41, 5.74) is 4.22. The van der Waals surface area contributed by atoms with Gasteiger partial charge in [-0.1, -0.05) is 24.3 Å². The summed E-state index contributed by atoms with van der Waals surface area (Å²) >= 11 is 0. The molecule has 5 aromatic rings. The van der Waals surface area contributed by atoms with Crippen LogP contribution in [0.5, 0.6) is 11.5 Å². The van der Waals surface area contributed by atoms with Gasteiger partial charge in [0.05, 0.1) is 0 Å². The second-order valence-electron chi connectivity index (χ2n) is 6.83. The van der Waals surface area contributed by atoms with Crippen molar-refractivity contribution >= 4 is 45.1 Å². The maximum Gasteiger partial charge on any atom is 0.231 e. The third kappa shape index (κ3) is 2.57. The number of benzene rings is 3. The minimum Gasteiger partial charge on any atom is -0.456 e. The molecule has 0 aliphatic carbocycles. The fourth-order valence-electron chi connectivity index (χ4n) is 3.86. The average molecular weight is 390 g/mol. The van der Waals surface area contributed by atoms with Crippen LogP contribution in [-0.4, -0.2) is 11.8 Å². The number of para-hydroxylation sites is 1. The van der Waals surface area contributed by atoms with E-state index in [4.69, 9.17) is 13.9 Å². The minimum atomic E-state index is 0. The molecule has 1 aliphatic heterocycles. The van der Waals surface area contributed by atoms with Crippen LogP contribution >= 0.6 is 12.4 Å². The molecule has 0 fully saturated rings. The third-order valence-electron chi connectivity index (χ3n) is 5.17. The van der Waals surface area contributed by atoms with Crippen LogP contribution in [0.2, 0.25) is 0 Å². The van der Waals surface area contributed by atoms with Crippen LogP contribution in [0.1, 0.15) is 11.1 Å². The number of furan rings is 1. The molecule has 0 atom stereocenters. The molecule has 28 heavy (non-hydrogen) atoms. The molecule has 3 heterocycles. The lowest BCUT2D eigenvalue weighted by Gasteiger charge is -2.08. The van der Waals surface area contributed by atoms with Crippen molar-refractivity contribution in [2.75, 3.05) is 6.79 Å². The Morgan fingerprint density at radius 2 is 1.61 bits per heavy atom. The van der Waals surface area contributed by atoms with Gasteiger partial charge in [-0.3, -0.25) is 4.98 Å². The van der Waals surface area contributed by atoms with Gasteiger partial charge in [0.25, 0.3) is 0 Å². The van der Waals surface area contributed by atoms with Crippen LogP contribution in [0.4, 0.5) is 0 Å². The molecule has 0 saturated carbocycles. The lowest BCUT2D eigenvalue weighted by atomic mass is 9.99. The zero-order valence-corrected chi connectivity index (χ0v) is 15.7. The molecule has 2 aromatic heterocycles. The van der Waals surface area contributed by atoms with Gasteiger partial charge >= 0.3 is 0 Å². The largest absolute Gasteiger partial charge is 0.456 e. The SMILES string of the molecule is Cl.c1ccc2c(c1)oc1ccc(Cc3cncc4cc5c(cc34)OCO5)cc12. The summed E-state index contributed by atoms with van der Waals surface area (Å²) in [6.07, 6.45) is 4.59. The Morgan fingerprint density at radius 1 is 0.786 bits per heavy atom. The van der Waals surface area contributed by atoms with Crippen molar-refractivity contribution in [2.45, 2.75) is 6.42 Å². The standard InChI is InChI=1S/C23H15NO3.ClH/c1-2-4-20-17(3-1)19-8-14(5-6-21(19)27-20)7-15-11-24-12-16-9-22-23(10-18(15)16)26-13-25-22;/h1-6,8-12H,7,13H2;1H. The molecule has 0 N–H and O–H groups in total. The zero-order chi connectivity index (χ0) is 17.8. The van der Waals surface area contributed by atoms with E-state index in [0.29, 0.717) is 0 Å². The molecule has 138 valence electrons. The number of rotatable bonds is 2. The van der Waals surface area contributed by atoms with Crippen LogP contribution < -0.4 is 9.47 Å². The lowest BCUT2D eigenvalue weighted by molar-refractivity contribution is 0.174. The summed E-state index contributed by atoms with van der Waals surface area (Å²) in [7, 11) is 0. The van der Waals surface area contributed by atoms with Gasteiger partial charge in [-0.05, 0) is 53.3 Å². The van der Waals surface area contributed by atoms with Crippen molar-refractivity contribution in [3.63, 3.8) is 0 Å². The zero-order valence-electron chi connectivity index (χ0n) is 14.8. The Morgan fingerprint density at radius 3 is 2.54 bits per heavy atom. The second kappa shape index (κ2) is 6.43. The van der Waals surface area contributed by atoms with E-state index in [-0.39, 0.29) is 19.2 Å². The van der Waals surface area contributed by atoms with Gasteiger partial charge in [-0.15, -0.1) is 12.4 Å². The third-order valence-corrected chi connectivity index (χ3v) is 5.17. The molecule has 0 radical (unpaired) electrons. The van der Waals surface area contributed by atoms with E-state index in [1.807, 2.05) is 36.7 Å². The van der Waals surface area contributed by atoms with Gasteiger partial charge in [-0.25, -0.2) is 0 Å². The summed E-state index contributed by atoms with van der Waals surface area (Å²) < 4.78 is 17.0. The summed E-state index contributed by atoms with van der Waals surface area (Å²) in [4.78, 5) is 4.42. The molecule has 0 spiro atoms. The summed E-state index contributed by atoms with van der Waals surface area (Å²) in [6, 6.07) is 18.6. The first kappa shape index (κ1) is 16.9. The van der Waals surface area contributed by atoms with E-state index in [2.05, 4.69) is 35.3 Å². The molecule has 0 saturated heterocycles. The van der Waals surface area contributed by atoms with E-state index < -0.39 is 0 Å². The van der Waals surface area contributed by atoms with Gasteiger partial charge in [0.2, 0.25) is 6.79 Å². The first-order valence-electron chi connectivity index (χ1n) is 8.91. The normalized spacial score (nSPS) is 12.6. The number of hydrogen-bond acceptors (Lipinski definition) is 4. The lowest BCUT2D eigenvalue weighted by Crippen LogP contribution is -1.93. The van der Waals surface area contributed by atoms with Crippen molar-refractivity contribution in [1.29, 1.82) is 0 Å². The van der Waals surface area contributed by atoms with Crippen molar-refractivity contribution < 1.29 is 13.9 Å². The molecule has 5 heteroatoms. The number of pyridine rings is 1. The van der Waals surface area contributed by atoms with Crippen molar-refractivity contribution in [3.8, 4) is 11.5 Å². The van der Waals surface area contributed by atoms with Crippen molar-refractivity contribution in [3.05, 3.63) is 78.1 Å². The first-order chi connectivity index (χ1) is 13.3. The highest BCUT2D eigenvalue weighted by Gasteiger charge is 2.16. The molecular formula is C23H16ClNO3. The molecule has 0 bridgehead atoms. The first-order valence-corrected chi connectivity index (χ1v) is 8.91. The number of nitrogens with zero attached hydrogens (tertiary/aromatic N) is 1. The van der Waals surface area contributed by atoms with Crippen LogP contribution in [0.15, 0.2) is 71.4 Å². The summed E-state index contributed by atoms with van der Waals surface area (Å²) in [5, 5.41) is 4.50. The van der Waals surface area contributed by atoms with Gasteiger partial charge in [-0.2, -0.15) is 0 Å². The van der Waals surface area contributed by atoms with Crippen LogP contribution in [0, 0.1) is 0 Å². The summed E-state index contributed by atoms with van der Waals surface area (Å²) in [6.45, 7) is 0.276. The number of fused-ring (bicyclic) bond motifs is 5. The van der Waals surface area contributed by atoms with Crippen LogP contribution in [0.25, 0.3) is 32.7 Å². The average Bonchev–Trinajstić information content (AvgIpc) is 3.30. The molecule has 3 aromatic carbocycles. The maximum atomic E-state index is 5.94. The van der Waals surface area contributed by atoms with E-state index in [1.54, 1.807) is 0 Å². The quantitative estimate of drug-likeness (QED) is 0.378. The van der Waals surface area contributed by atoms with Gasteiger partial charge in [0.15, 0.2) is 11.5 Å². The topological polar surface area (TPSA) is 44.5 Å². The maximum absolute atomic E-state index is 5.94. The van der Waals surface area contributed by atoms with Crippen molar-refractivity contribution in [1.82, 2.24) is 4.98 Å². The predicted octanol–water partition coefficient (Wildman–Crippen LogP) is 5.88. The number of halogens is 1. The molecule has 1 aliphatic rings. The predicted molar refractivity (Wildman–Crippen MR) is 112 cm³/mol. The Labute approximate surface area is 167 Å². The van der Waals surface area contributed by atoms with Gasteiger partial charge in [0, 0.05) is 28.6 Å². The summed E-state index contributed by atoms with van der Waals surface area (Å²) in [5.74, 6) is 1.58. The van der Waals surface area contributed by atoms with E-state index in [1.165, 1.54) is 5.56 Å². The van der Waals surface area contributed by atoms with Gasteiger partial charge < -0.3 is 13.9 Å². The molecule has 0 unspecified atom stereocenters. The Bertz CT molecular complexity index is 1340. The second-order valence-corrected chi connectivity index (χ2v) is 6.83. The highest BCUT2D eigenvalue weighted by molar-refractivity contribution is 6.05. The number of aromatic nitrogens is 1.